The number of hydrogen-bond acceptors (Lipinski definition) is 5. The Morgan fingerprint density at radius 2 is 2.00 bits per heavy atom. The zero-order chi connectivity index (χ0) is 14.8. The molecule has 0 atom stereocenters. The third-order valence-corrected chi connectivity index (χ3v) is 5.19. The van der Waals surface area contributed by atoms with E-state index in [2.05, 4.69) is 15.3 Å². The quantitative estimate of drug-likeness (QED) is 0.694. The van der Waals surface area contributed by atoms with Gasteiger partial charge in [0.2, 0.25) is 5.16 Å². The van der Waals surface area contributed by atoms with E-state index in [-0.39, 0.29) is 0 Å². The summed E-state index contributed by atoms with van der Waals surface area (Å²) in [6.07, 6.45) is 6.76. The standard InChI is InChI=1S/C14H22N6S/c1-10-8-11(2)20(18-10)13-16-17-14(19(13)15)21-9-12-6-4-3-5-7-12/h8,12H,3-7,9,15H2,1-2H3. The van der Waals surface area contributed by atoms with Gasteiger partial charge in [-0.3, -0.25) is 0 Å². The summed E-state index contributed by atoms with van der Waals surface area (Å²) in [5.74, 6) is 8.58. The van der Waals surface area contributed by atoms with Gasteiger partial charge in [-0.25, -0.2) is 9.36 Å². The molecule has 7 heteroatoms. The maximum Gasteiger partial charge on any atom is 0.271 e. The van der Waals surface area contributed by atoms with E-state index in [0.717, 1.165) is 28.2 Å². The van der Waals surface area contributed by atoms with E-state index < -0.39 is 0 Å². The Bertz CT molecular complexity index is 611. The molecule has 6 nitrogen and oxygen atoms in total. The average Bonchev–Trinajstić information content (AvgIpc) is 3.00. The number of thioether (sulfide) groups is 1. The summed E-state index contributed by atoms with van der Waals surface area (Å²) in [5, 5.41) is 13.6. The molecule has 0 radical (unpaired) electrons. The molecular weight excluding hydrogens is 284 g/mol. The predicted octanol–water partition coefficient (Wildman–Crippen LogP) is 2.47. The van der Waals surface area contributed by atoms with Crippen molar-refractivity contribution in [3.63, 3.8) is 0 Å². The lowest BCUT2D eigenvalue weighted by Gasteiger charge is -2.20. The van der Waals surface area contributed by atoms with E-state index in [4.69, 9.17) is 5.84 Å². The van der Waals surface area contributed by atoms with E-state index in [0.29, 0.717) is 5.95 Å². The fourth-order valence-electron chi connectivity index (χ4n) is 2.89. The van der Waals surface area contributed by atoms with Gasteiger partial charge >= 0.3 is 0 Å². The molecule has 114 valence electrons. The van der Waals surface area contributed by atoms with Gasteiger partial charge in [-0.05, 0) is 38.7 Å². The molecule has 2 aromatic rings. The van der Waals surface area contributed by atoms with E-state index in [1.54, 1.807) is 21.1 Å². The van der Waals surface area contributed by atoms with Crippen molar-refractivity contribution >= 4 is 11.8 Å². The predicted molar refractivity (Wildman–Crippen MR) is 84.1 cm³/mol. The van der Waals surface area contributed by atoms with Gasteiger partial charge < -0.3 is 5.84 Å². The second-order valence-electron chi connectivity index (χ2n) is 5.81. The van der Waals surface area contributed by atoms with E-state index in [1.807, 2.05) is 19.9 Å². The van der Waals surface area contributed by atoms with Crippen molar-refractivity contribution in [3.8, 4) is 5.95 Å². The van der Waals surface area contributed by atoms with Crippen LogP contribution < -0.4 is 5.84 Å². The van der Waals surface area contributed by atoms with Gasteiger partial charge in [-0.15, -0.1) is 10.2 Å². The second-order valence-corrected chi connectivity index (χ2v) is 6.79. The minimum atomic E-state index is 0.576. The summed E-state index contributed by atoms with van der Waals surface area (Å²) in [5.41, 5.74) is 1.96. The Balaban J connectivity index is 1.71. The van der Waals surface area contributed by atoms with Gasteiger partial charge in [0.15, 0.2) is 0 Å². The molecule has 0 spiro atoms. The van der Waals surface area contributed by atoms with Crippen LogP contribution in [0.25, 0.3) is 5.95 Å². The Morgan fingerprint density at radius 3 is 2.67 bits per heavy atom. The number of aromatic nitrogens is 5. The monoisotopic (exact) mass is 306 g/mol. The van der Waals surface area contributed by atoms with Crippen LogP contribution in [0, 0.1) is 19.8 Å². The van der Waals surface area contributed by atoms with Gasteiger partial charge in [-0.2, -0.15) is 5.10 Å². The minimum Gasteiger partial charge on any atom is -0.334 e. The van der Waals surface area contributed by atoms with Crippen LogP contribution >= 0.6 is 11.8 Å². The largest absolute Gasteiger partial charge is 0.334 e. The van der Waals surface area contributed by atoms with Crippen molar-refractivity contribution in [1.29, 1.82) is 0 Å². The van der Waals surface area contributed by atoms with Gasteiger partial charge in [0.05, 0.1) is 5.69 Å². The Hall–Kier alpha value is -1.50. The summed E-state index contributed by atoms with van der Waals surface area (Å²) in [6, 6.07) is 2.00. The smallest absolute Gasteiger partial charge is 0.271 e. The normalized spacial score (nSPS) is 16.5. The van der Waals surface area contributed by atoms with Crippen molar-refractivity contribution in [1.82, 2.24) is 24.7 Å². The highest BCUT2D eigenvalue weighted by Gasteiger charge is 2.18. The summed E-state index contributed by atoms with van der Waals surface area (Å²) in [4.78, 5) is 0. The van der Waals surface area contributed by atoms with E-state index >= 15 is 0 Å². The maximum absolute atomic E-state index is 6.14. The third-order valence-electron chi connectivity index (χ3n) is 4.02. The summed E-state index contributed by atoms with van der Waals surface area (Å²) < 4.78 is 3.29. The summed E-state index contributed by atoms with van der Waals surface area (Å²) >= 11 is 1.70. The first-order chi connectivity index (χ1) is 10.1. The molecule has 0 aliphatic heterocycles. The van der Waals surface area contributed by atoms with Gasteiger partial charge in [0, 0.05) is 11.4 Å². The van der Waals surface area contributed by atoms with Crippen LogP contribution in [0.1, 0.15) is 43.5 Å². The van der Waals surface area contributed by atoms with Crippen LogP contribution in [-0.2, 0) is 0 Å². The van der Waals surface area contributed by atoms with Crippen LogP contribution in [0.5, 0.6) is 0 Å². The van der Waals surface area contributed by atoms with Crippen molar-refractivity contribution < 1.29 is 0 Å². The molecule has 0 aromatic carbocycles. The van der Waals surface area contributed by atoms with Crippen LogP contribution in [-0.4, -0.2) is 30.4 Å². The lowest BCUT2D eigenvalue weighted by molar-refractivity contribution is 0.390. The first-order valence-electron chi connectivity index (χ1n) is 7.52. The fourth-order valence-corrected chi connectivity index (χ4v) is 3.93. The molecule has 0 unspecified atom stereocenters. The van der Waals surface area contributed by atoms with Crippen LogP contribution in [0.4, 0.5) is 0 Å². The molecule has 0 bridgehead atoms. The van der Waals surface area contributed by atoms with E-state index in [9.17, 15) is 0 Å². The maximum atomic E-state index is 6.14. The van der Waals surface area contributed by atoms with Crippen molar-refractivity contribution in [2.45, 2.75) is 51.1 Å². The lowest BCUT2D eigenvalue weighted by atomic mass is 9.91. The molecule has 0 saturated heterocycles. The summed E-state index contributed by atoms with van der Waals surface area (Å²) in [6.45, 7) is 3.95. The van der Waals surface area contributed by atoms with Crippen LogP contribution in [0.15, 0.2) is 11.2 Å². The van der Waals surface area contributed by atoms with Gasteiger partial charge in [0.1, 0.15) is 0 Å². The highest BCUT2D eigenvalue weighted by molar-refractivity contribution is 7.99. The first kappa shape index (κ1) is 14.4. The number of hydrogen-bond donors (Lipinski definition) is 1. The summed E-state index contributed by atoms with van der Waals surface area (Å²) in [7, 11) is 0. The highest BCUT2D eigenvalue weighted by atomic mass is 32.2. The molecular formula is C14H22N6S. The number of aryl methyl sites for hydroxylation is 2. The SMILES string of the molecule is Cc1cc(C)n(-c2nnc(SCC3CCCCC3)n2N)n1. The molecule has 1 fully saturated rings. The third kappa shape index (κ3) is 3.07. The van der Waals surface area contributed by atoms with Crippen molar-refractivity contribution in [3.05, 3.63) is 17.5 Å². The molecule has 2 aromatic heterocycles. The first-order valence-corrected chi connectivity index (χ1v) is 8.50. The van der Waals surface area contributed by atoms with Gasteiger partial charge in [-0.1, -0.05) is 31.0 Å². The number of nitrogens with two attached hydrogens (primary N) is 1. The Labute approximate surface area is 129 Å². The van der Waals surface area contributed by atoms with Crippen LogP contribution in [0.2, 0.25) is 0 Å². The molecule has 3 rings (SSSR count). The molecule has 2 N–H and O–H groups in total. The van der Waals surface area contributed by atoms with Crippen LogP contribution in [0.3, 0.4) is 0 Å². The average molecular weight is 306 g/mol. The minimum absolute atomic E-state index is 0.576. The Kier molecular flexibility index (Phi) is 4.19. The molecule has 1 aliphatic rings. The number of nitrogens with zero attached hydrogens (tertiary/aromatic N) is 5. The Morgan fingerprint density at radius 1 is 1.24 bits per heavy atom. The topological polar surface area (TPSA) is 74.5 Å². The fraction of sp³-hybridized carbons (Fsp3) is 0.643. The molecule has 21 heavy (non-hydrogen) atoms. The molecule has 0 amide bonds. The second kappa shape index (κ2) is 6.09. The molecule has 1 saturated carbocycles. The lowest BCUT2D eigenvalue weighted by Crippen LogP contribution is -2.17. The highest BCUT2D eigenvalue weighted by Crippen LogP contribution is 2.29. The zero-order valence-corrected chi connectivity index (χ0v) is 13.4. The van der Waals surface area contributed by atoms with Crippen molar-refractivity contribution in [2.24, 2.45) is 5.92 Å². The van der Waals surface area contributed by atoms with E-state index in [1.165, 1.54) is 32.1 Å². The van der Waals surface area contributed by atoms with Crippen molar-refractivity contribution in [2.75, 3.05) is 11.6 Å². The number of rotatable bonds is 4. The van der Waals surface area contributed by atoms with Gasteiger partial charge in [0.25, 0.3) is 5.95 Å². The molecule has 2 heterocycles. The molecule has 1 aliphatic carbocycles. The number of nitrogen functional groups attached to an aromatic ring is 1. The zero-order valence-electron chi connectivity index (χ0n) is 12.6.